The fourth-order valence-corrected chi connectivity index (χ4v) is 0.763. The lowest BCUT2D eigenvalue weighted by Gasteiger charge is -1.83. The van der Waals surface area contributed by atoms with Crippen LogP contribution in [0.5, 0.6) is 0 Å². The van der Waals surface area contributed by atoms with Gasteiger partial charge in [-0.3, -0.25) is 9.90 Å². The Labute approximate surface area is 98.5 Å². The van der Waals surface area contributed by atoms with Gasteiger partial charge in [-0.05, 0) is 12.1 Å². The van der Waals surface area contributed by atoms with Crippen LogP contribution in [0.4, 0.5) is 11.4 Å². The second-order valence-electron chi connectivity index (χ2n) is 2.70. The van der Waals surface area contributed by atoms with Gasteiger partial charge in [0.25, 0.3) is 0 Å². The van der Waals surface area contributed by atoms with Gasteiger partial charge >= 0.3 is 0 Å². The van der Waals surface area contributed by atoms with Crippen molar-refractivity contribution in [3.05, 3.63) is 65.0 Å². The lowest BCUT2D eigenvalue weighted by atomic mass is 10.4. The van der Waals surface area contributed by atoms with Gasteiger partial charge in [0.2, 0.25) is 0 Å². The molecule has 0 aliphatic rings. The zero-order valence-corrected chi connectivity index (χ0v) is 9.06. The lowest BCUT2D eigenvalue weighted by Crippen LogP contribution is -1.97. The maximum atomic E-state index is 6.75. The molecule has 0 spiro atoms. The van der Waals surface area contributed by atoms with Gasteiger partial charge in [0, 0.05) is 35.9 Å². The van der Waals surface area contributed by atoms with Crippen molar-refractivity contribution in [2.45, 2.75) is 0 Å². The van der Waals surface area contributed by atoms with Crippen molar-refractivity contribution in [3.63, 3.8) is 0 Å². The summed E-state index contributed by atoms with van der Waals surface area (Å²) in [6.07, 6.45) is 6.90. The molecule has 0 amide bonds. The van der Waals surface area contributed by atoms with Crippen LogP contribution < -0.4 is 16.5 Å². The maximum absolute atomic E-state index is 6.75. The van der Waals surface area contributed by atoms with Crippen LogP contribution in [-0.4, -0.2) is 4.98 Å². The molecule has 0 radical (unpaired) electrons. The number of anilines is 2. The molecule has 2 heterocycles. The molecule has 2 aromatic heterocycles. The summed E-state index contributed by atoms with van der Waals surface area (Å²) in [5, 5.41) is 0. The fourth-order valence-electron chi connectivity index (χ4n) is 0.763. The number of hydrogen-bond donors (Lipinski definition) is 2. The van der Waals surface area contributed by atoms with Crippen LogP contribution in [0.1, 0.15) is 0 Å². The third kappa shape index (κ3) is 9.51. The zero-order chi connectivity index (χ0) is 12.9. The number of hydrogen-bond acceptors (Lipinski definition) is 3. The first-order chi connectivity index (χ1) is 8.20. The van der Waals surface area contributed by atoms with Gasteiger partial charge in [-0.2, -0.15) is 0 Å². The summed E-state index contributed by atoms with van der Waals surface area (Å²) in [6.45, 7) is 0. The molecule has 0 saturated heterocycles. The fraction of sp³-hybridized carbons (Fsp3) is 0. The van der Waals surface area contributed by atoms with Crippen molar-refractivity contribution in [3.8, 4) is 0 Å². The monoisotopic (exact) mass is 231 g/mol. The van der Waals surface area contributed by atoms with E-state index in [-0.39, 0.29) is 0 Å². The average molecular weight is 231 g/mol. The molecular weight excluding hydrogens is 218 g/mol. The topological polar surface area (TPSA) is 138 Å². The molecule has 0 aliphatic heterocycles. The number of rotatable bonds is 0. The molecule has 2 aromatic rings. The highest BCUT2D eigenvalue weighted by atomic mass is 15.0. The van der Waals surface area contributed by atoms with E-state index in [4.69, 9.17) is 22.5 Å². The summed E-state index contributed by atoms with van der Waals surface area (Å²) in [7, 11) is 0. The first-order valence-corrected chi connectivity index (χ1v) is 4.56. The van der Waals surface area contributed by atoms with Crippen molar-refractivity contribution < 1.29 is 4.98 Å². The van der Waals surface area contributed by atoms with Crippen LogP contribution in [0.2, 0.25) is 0 Å². The van der Waals surface area contributed by atoms with E-state index in [1.807, 2.05) is 0 Å². The molecule has 0 saturated carbocycles. The molecule has 0 unspecified atom stereocenters. The SMILES string of the molecule is Nc1cc[nH+]cc1.Nc1ccncc1.[N-]=[N+]=[N-]. The van der Waals surface area contributed by atoms with E-state index < -0.39 is 0 Å². The Morgan fingerprint density at radius 3 is 1.59 bits per heavy atom. The molecule has 7 heteroatoms. The van der Waals surface area contributed by atoms with Gasteiger partial charge in [0.15, 0.2) is 12.4 Å². The largest absolute Gasteiger partial charge is 0.399 e. The van der Waals surface area contributed by atoms with Gasteiger partial charge < -0.3 is 22.5 Å². The second-order valence-corrected chi connectivity index (χ2v) is 2.70. The van der Waals surface area contributed by atoms with Gasteiger partial charge in [-0.25, -0.2) is 4.98 Å². The molecule has 2 rings (SSSR count). The van der Waals surface area contributed by atoms with Crippen molar-refractivity contribution in [1.82, 2.24) is 4.98 Å². The molecule has 0 fully saturated rings. The number of nitrogen functional groups attached to an aromatic ring is 2. The van der Waals surface area contributed by atoms with Gasteiger partial charge in [0.05, 0.1) is 0 Å². The van der Waals surface area contributed by atoms with E-state index in [0.29, 0.717) is 0 Å². The van der Waals surface area contributed by atoms with Crippen molar-refractivity contribution in [1.29, 1.82) is 0 Å². The highest BCUT2D eigenvalue weighted by Gasteiger charge is 1.78. The summed E-state index contributed by atoms with van der Waals surface area (Å²) in [5.74, 6) is 0. The van der Waals surface area contributed by atoms with Crippen molar-refractivity contribution >= 4 is 11.4 Å². The Kier molecular flexibility index (Phi) is 8.15. The Hall–Kier alpha value is -2.79. The molecule has 0 aliphatic carbocycles. The number of aromatic amines is 1. The minimum absolute atomic E-state index is 0.759. The van der Waals surface area contributed by atoms with Crippen LogP contribution in [0.25, 0.3) is 16.0 Å². The van der Waals surface area contributed by atoms with Crippen LogP contribution in [0.15, 0.2) is 49.1 Å². The molecule has 88 valence electrons. The molecule has 0 bridgehead atoms. The Morgan fingerprint density at radius 2 is 1.35 bits per heavy atom. The summed E-state index contributed by atoms with van der Waals surface area (Å²) in [4.78, 5) is 8.12. The number of aromatic nitrogens is 2. The zero-order valence-electron chi connectivity index (χ0n) is 9.06. The quantitative estimate of drug-likeness (QED) is 0.404. The minimum Gasteiger partial charge on any atom is -0.399 e. The van der Waals surface area contributed by atoms with E-state index in [1.165, 1.54) is 4.91 Å². The van der Waals surface area contributed by atoms with E-state index in [2.05, 4.69) is 9.97 Å². The van der Waals surface area contributed by atoms with Crippen LogP contribution in [0, 0.1) is 0 Å². The number of nitrogens with zero attached hydrogens (tertiary/aromatic N) is 4. The van der Waals surface area contributed by atoms with Gasteiger partial charge in [-0.1, -0.05) is 0 Å². The predicted molar refractivity (Wildman–Crippen MR) is 66.1 cm³/mol. The predicted octanol–water partition coefficient (Wildman–Crippen LogP) is 1.61. The molecule has 7 nitrogen and oxygen atoms in total. The summed E-state index contributed by atoms with van der Waals surface area (Å²) in [5.41, 5.74) is 25.7. The van der Waals surface area contributed by atoms with Gasteiger partial charge in [-0.15, -0.1) is 0 Å². The summed E-state index contributed by atoms with van der Waals surface area (Å²) < 4.78 is 0. The van der Waals surface area contributed by atoms with Gasteiger partial charge in [0.1, 0.15) is 0 Å². The lowest BCUT2D eigenvalue weighted by molar-refractivity contribution is -0.377. The van der Waals surface area contributed by atoms with E-state index in [9.17, 15) is 0 Å². The smallest absolute Gasteiger partial charge is 0.169 e. The Balaban J connectivity index is 0.000000247. The second kappa shape index (κ2) is 9.75. The summed E-state index contributed by atoms with van der Waals surface area (Å²) >= 11 is 0. The molecule has 17 heavy (non-hydrogen) atoms. The van der Waals surface area contributed by atoms with Crippen molar-refractivity contribution in [2.24, 2.45) is 0 Å². The molecule has 0 aromatic carbocycles. The Bertz CT molecular complexity index is 385. The highest BCUT2D eigenvalue weighted by molar-refractivity contribution is 5.33. The first kappa shape index (κ1) is 14.2. The first-order valence-electron chi connectivity index (χ1n) is 4.56. The van der Waals surface area contributed by atoms with Crippen LogP contribution in [0.3, 0.4) is 0 Å². The third-order valence-electron chi connectivity index (χ3n) is 1.45. The van der Waals surface area contributed by atoms with Crippen LogP contribution in [-0.2, 0) is 0 Å². The standard InChI is InChI=1S/2C5H6N2.N3/c2*6-5-1-3-7-4-2-5;1-3-2/h2*1-4H,(H2,6,7);/q;;-1/p+1. The number of nitrogens with two attached hydrogens (primary N) is 2. The van der Waals surface area contributed by atoms with E-state index in [1.54, 1.807) is 49.1 Å². The third-order valence-corrected chi connectivity index (χ3v) is 1.45. The number of pyridine rings is 2. The molecule has 5 N–H and O–H groups in total. The summed E-state index contributed by atoms with van der Waals surface area (Å²) in [6, 6.07) is 7.11. The highest BCUT2D eigenvalue weighted by Crippen LogP contribution is 1.92. The van der Waals surface area contributed by atoms with E-state index in [0.717, 1.165) is 11.4 Å². The number of H-pyrrole nitrogens is 1. The van der Waals surface area contributed by atoms with Crippen LogP contribution >= 0.6 is 0 Å². The number of nitrogens with one attached hydrogen (secondary N) is 1. The van der Waals surface area contributed by atoms with E-state index >= 15 is 0 Å². The average Bonchev–Trinajstić information content (AvgIpc) is 2.33. The minimum atomic E-state index is 0.759. The molecular formula is C10H13N7. The Morgan fingerprint density at radius 1 is 0.941 bits per heavy atom. The molecule has 0 atom stereocenters. The van der Waals surface area contributed by atoms with Crippen molar-refractivity contribution in [2.75, 3.05) is 11.5 Å². The normalized spacial score (nSPS) is 7.53. The maximum Gasteiger partial charge on any atom is 0.169 e.